The number of anilines is 2. The molecule has 1 N–H and O–H groups in total. The molecular formula is C14H10F3NO2. The Kier molecular flexibility index (Phi) is 3.65. The highest BCUT2D eigenvalue weighted by molar-refractivity contribution is 5.94. The molecule has 104 valence electrons. The average molecular weight is 281 g/mol. The lowest BCUT2D eigenvalue weighted by Crippen LogP contribution is -2.23. The minimum atomic E-state index is -4.45. The summed E-state index contributed by atoms with van der Waals surface area (Å²) < 4.78 is 37.4. The first-order valence-electron chi connectivity index (χ1n) is 5.65. The van der Waals surface area contributed by atoms with E-state index in [4.69, 9.17) is 0 Å². The van der Waals surface area contributed by atoms with E-state index in [2.05, 4.69) is 0 Å². The van der Waals surface area contributed by atoms with Gasteiger partial charge in [0.05, 0.1) is 16.9 Å². The highest BCUT2D eigenvalue weighted by atomic mass is 19.4. The van der Waals surface area contributed by atoms with Gasteiger partial charge in [0.2, 0.25) is 0 Å². The molecule has 0 atom stereocenters. The van der Waals surface area contributed by atoms with E-state index in [9.17, 15) is 23.1 Å². The van der Waals surface area contributed by atoms with E-state index >= 15 is 0 Å². The predicted molar refractivity (Wildman–Crippen MR) is 68.0 cm³/mol. The fraction of sp³-hybridized carbons (Fsp3) is 0.0714. The van der Waals surface area contributed by atoms with Crippen LogP contribution in [0.3, 0.4) is 0 Å². The molecule has 20 heavy (non-hydrogen) atoms. The number of carboxylic acid groups (broad SMARTS) is 1. The molecule has 2 aromatic carbocycles. The number of rotatable bonds is 2. The molecule has 1 amide bonds. The van der Waals surface area contributed by atoms with Crippen molar-refractivity contribution in [3.8, 4) is 0 Å². The molecule has 0 heterocycles. The van der Waals surface area contributed by atoms with E-state index in [0.717, 1.165) is 29.2 Å². The molecule has 0 saturated carbocycles. The SMILES string of the molecule is O=C(O)N(c1ccccc1)c1ccc(C(F)(F)F)cc1. The number of nitrogens with zero attached hydrogens (tertiary/aromatic N) is 1. The summed E-state index contributed by atoms with van der Waals surface area (Å²) in [6.45, 7) is 0. The molecule has 0 bridgehead atoms. The molecule has 0 spiro atoms. The van der Waals surface area contributed by atoms with Crippen molar-refractivity contribution in [2.75, 3.05) is 4.90 Å². The van der Waals surface area contributed by atoms with Gasteiger partial charge in [0.1, 0.15) is 0 Å². The van der Waals surface area contributed by atoms with Crippen molar-refractivity contribution in [3.05, 3.63) is 60.2 Å². The van der Waals surface area contributed by atoms with Crippen LogP contribution in [0.1, 0.15) is 5.56 Å². The summed E-state index contributed by atoms with van der Waals surface area (Å²) in [4.78, 5) is 12.2. The third-order valence-corrected chi connectivity index (χ3v) is 2.66. The first-order valence-corrected chi connectivity index (χ1v) is 5.65. The van der Waals surface area contributed by atoms with Gasteiger partial charge in [-0.1, -0.05) is 18.2 Å². The Bertz CT molecular complexity index is 594. The monoisotopic (exact) mass is 281 g/mol. The smallest absolute Gasteiger partial charge is 0.416 e. The standard InChI is InChI=1S/C14H10F3NO2/c15-14(16,17)10-6-8-12(9-7-10)18(13(19)20)11-4-2-1-3-5-11/h1-9H,(H,19,20). The van der Waals surface area contributed by atoms with Crippen molar-refractivity contribution >= 4 is 17.5 Å². The summed E-state index contributed by atoms with van der Waals surface area (Å²) in [6.07, 6.45) is -5.71. The zero-order chi connectivity index (χ0) is 14.8. The maximum Gasteiger partial charge on any atom is 0.416 e. The molecule has 0 unspecified atom stereocenters. The lowest BCUT2D eigenvalue weighted by molar-refractivity contribution is -0.137. The summed E-state index contributed by atoms with van der Waals surface area (Å²) in [7, 11) is 0. The molecule has 0 fully saturated rings. The van der Waals surface area contributed by atoms with Crippen LogP contribution in [0, 0.1) is 0 Å². The van der Waals surface area contributed by atoms with Gasteiger partial charge < -0.3 is 5.11 Å². The number of hydrogen-bond donors (Lipinski definition) is 1. The molecular weight excluding hydrogens is 271 g/mol. The van der Waals surface area contributed by atoms with Crippen molar-refractivity contribution in [2.45, 2.75) is 6.18 Å². The molecule has 3 nitrogen and oxygen atoms in total. The van der Waals surface area contributed by atoms with Crippen LogP contribution < -0.4 is 4.90 Å². The first-order chi connectivity index (χ1) is 9.39. The van der Waals surface area contributed by atoms with Gasteiger partial charge in [-0.25, -0.2) is 9.69 Å². The third kappa shape index (κ3) is 2.90. The molecule has 2 rings (SSSR count). The molecule has 0 aromatic heterocycles. The molecule has 6 heteroatoms. The second-order valence-corrected chi connectivity index (χ2v) is 4.00. The Balaban J connectivity index is 2.39. The van der Waals surface area contributed by atoms with Crippen LogP contribution >= 0.6 is 0 Å². The van der Waals surface area contributed by atoms with E-state index in [1.165, 1.54) is 0 Å². The maximum atomic E-state index is 12.5. The van der Waals surface area contributed by atoms with Gasteiger partial charge in [0.15, 0.2) is 0 Å². The second-order valence-electron chi connectivity index (χ2n) is 4.00. The second kappa shape index (κ2) is 5.24. The lowest BCUT2D eigenvalue weighted by atomic mass is 10.2. The van der Waals surface area contributed by atoms with Gasteiger partial charge in [-0.15, -0.1) is 0 Å². The van der Waals surface area contributed by atoms with Gasteiger partial charge in [-0.05, 0) is 36.4 Å². The number of halogens is 3. The number of para-hydroxylation sites is 1. The number of amides is 1. The summed E-state index contributed by atoms with van der Waals surface area (Å²) in [5.74, 6) is 0. The van der Waals surface area contributed by atoms with Crippen molar-refractivity contribution in [1.82, 2.24) is 0 Å². The Morgan fingerprint density at radius 3 is 1.85 bits per heavy atom. The van der Waals surface area contributed by atoms with Gasteiger partial charge >= 0.3 is 12.3 Å². The first kappa shape index (κ1) is 13.9. The average Bonchev–Trinajstić information content (AvgIpc) is 2.39. The Morgan fingerprint density at radius 2 is 1.40 bits per heavy atom. The van der Waals surface area contributed by atoms with Crippen LogP contribution in [0.2, 0.25) is 0 Å². The van der Waals surface area contributed by atoms with E-state index < -0.39 is 17.8 Å². The van der Waals surface area contributed by atoms with Crippen molar-refractivity contribution in [1.29, 1.82) is 0 Å². The quantitative estimate of drug-likeness (QED) is 0.879. The van der Waals surface area contributed by atoms with Crippen LogP contribution in [-0.2, 0) is 6.18 Å². The molecule has 0 radical (unpaired) electrons. The van der Waals surface area contributed by atoms with Crippen molar-refractivity contribution in [2.24, 2.45) is 0 Å². The summed E-state index contributed by atoms with van der Waals surface area (Å²) in [5, 5.41) is 9.21. The Morgan fingerprint density at radius 1 is 0.900 bits per heavy atom. The minimum absolute atomic E-state index is 0.150. The lowest BCUT2D eigenvalue weighted by Gasteiger charge is -2.19. The van der Waals surface area contributed by atoms with Gasteiger partial charge in [-0.2, -0.15) is 13.2 Å². The molecule has 0 aliphatic heterocycles. The van der Waals surface area contributed by atoms with Crippen LogP contribution in [0.25, 0.3) is 0 Å². The largest absolute Gasteiger partial charge is 0.464 e. The van der Waals surface area contributed by atoms with Crippen LogP contribution in [0.5, 0.6) is 0 Å². The van der Waals surface area contributed by atoms with Gasteiger partial charge in [0.25, 0.3) is 0 Å². The molecule has 2 aromatic rings. The molecule has 0 aliphatic carbocycles. The molecule has 0 saturated heterocycles. The third-order valence-electron chi connectivity index (χ3n) is 2.66. The van der Waals surface area contributed by atoms with E-state index in [0.29, 0.717) is 5.69 Å². The van der Waals surface area contributed by atoms with E-state index in [-0.39, 0.29) is 5.69 Å². The number of carbonyl (C=O) groups is 1. The zero-order valence-electron chi connectivity index (χ0n) is 10.1. The Hall–Kier alpha value is -2.50. The summed E-state index contributed by atoms with van der Waals surface area (Å²) in [6, 6.07) is 12.1. The Labute approximate surface area is 112 Å². The fourth-order valence-corrected chi connectivity index (χ4v) is 1.75. The van der Waals surface area contributed by atoms with Gasteiger partial charge in [0, 0.05) is 0 Å². The fourth-order valence-electron chi connectivity index (χ4n) is 1.75. The highest BCUT2D eigenvalue weighted by Gasteiger charge is 2.30. The van der Waals surface area contributed by atoms with E-state index in [1.807, 2.05) is 0 Å². The number of alkyl halides is 3. The highest BCUT2D eigenvalue weighted by Crippen LogP contribution is 2.32. The minimum Gasteiger partial charge on any atom is -0.464 e. The van der Waals surface area contributed by atoms with Crippen LogP contribution in [-0.4, -0.2) is 11.2 Å². The number of benzene rings is 2. The number of hydrogen-bond acceptors (Lipinski definition) is 1. The normalized spacial score (nSPS) is 11.2. The predicted octanol–water partition coefficient (Wildman–Crippen LogP) is 4.52. The van der Waals surface area contributed by atoms with Crippen molar-refractivity contribution in [3.63, 3.8) is 0 Å². The topological polar surface area (TPSA) is 40.5 Å². The van der Waals surface area contributed by atoms with E-state index in [1.54, 1.807) is 30.3 Å². The van der Waals surface area contributed by atoms with Gasteiger partial charge in [-0.3, -0.25) is 0 Å². The van der Waals surface area contributed by atoms with Crippen LogP contribution in [0.4, 0.5) is 29.3 Å². The zero-order valence-corrected chi connectivity index (χ0v) is 10.1. The maximum absolute atomic E-state index is 12.5. The summed E-state index contributed by atoms with van der Waals surface area (Å²) in [5.41, 5.74) is -0.309. The summed E-state index contributed by atoms with van der Waals surface area (Å²) >= 11 is 0. The molecule has 0 aliphatic rings. The van der Waals surface area contributed by atoms with Crippen molar-refractivity contribution < 1.29 is 23.1 Å². The van der Waals surface area contributed by atoms with Crippen LogP contribution in [0.15, 0.2) is 54.6 Å².